The molecule has 1 N–H and O–H groups in total. The number of hydrogen-bond acceptors (Lipinski definition) is 2. The van der Waals surface area contributed by atoms with E-state index in [2.05, 4.69) is 12.2 Å². The maximum Gasteiger partial charge on any atom is 0.232 e. The molecule has 0 spiro atoms. The van der Waals surface area contributed by atoms with E-state index in [-0.39, 0.29) is 23.0 Å². The lowest BCUT2D eigenvalue weighted by Gasteiger charge is -2.28. The lowest BCUT2D eigenvalue weighted by Crippen LogP contribution is -2.42. The Hall–Kier alpha value is -1.94. The highest BCUT2D eigenvalue weighted by atomic mass is 32.2. The summed E-state index contributed by atoms with van der Waals surface area (Å²) < 4.78 is 13.2. The Balaban J connectivity index is 1.43. The van der Waals surface area contributed by atoms with Crippen molar-refractivity contribution in [1.29, 1.82) is 0 Å². The van der Waals surface area contributed by atoms with Gasteiger partial charge in [0.2, 0.25) is 5.91 Å². The van der Waals surface area contributed by atoms with Crippen molar-refractivity contribution in [2.45, 2.75) is 43.9 Å². The monoisotopic (exact) mass is 395 g/mol. The molecule has 5 atom stereocenters. The molecule has 0 unspecified atom stereocenters. The molecule has 0 heterocycles. The SMILES string of the molecule is C[C@H](NC(=O)C[S@](=O)C(c1ccccc1)c1ccccc1)[C@@H]1C[C@H]2CC[C@H]1C2. The largest absolute Gasteiger partial charge is 0.353 e. The summed E-state index contributed by atoms with van der Waals surface area (Å²) >= 11 is 0. The first-order chi connectivity index (χ1) is 13.6. The highest BCUT2D eigenvalue weighted by Gasteiger charge is 2.42. The lowest BCUT2D eigenvalue weighted by molar-refractivity contribution is -0.119. The average Bonchev–Trinajstić information content (AvgIpc) is 3.33. The first kappa shape index (κ1) is 19.4. The minimum absolute atomic E-state index is 0.0413. The van der Waals surface area contributed by atoms with Crippen LogP contribution >= 0.6 is 0 Å². The van der Waals surface area contributed by atoms with Crippen molar-refractivity contribution in [2.24, 2.45) is 17.8 Å². The van der Waals surface area contributed by atoms with E-state index in [4.69, 9.17) is 0 Å². The number of hydrogen-bond donors (Lipinski definition) is 1. The molecule has 2 bridgehead atoms. The van der Waals surface area contributed by atoms with E-state index < -0.39 is 10.8 Å². The summed E-state index contributed by atoms with van der Waals surface area (Å²) in [5, 5.41) is 2.88. The maximum absolute atomic E-state index is 13.2. The second-order valence-corrected chi connectivity index (χ2v) is 9.94. The zero-order valence-corrected chi connectivity index (χ0v) is 17.2. The van der Waals surface area contributed by atoms with E-state index in [1.54, 1.807) is 0 Å². The smallest absolute Gasteiger partial charge is 0.232 e. The van der Waals surface area contributed by atoms with Gasteiger partial charge in [-0.15, -0.1) is 0 Å². The quantitative estimate of drug-likeness (QED) is 0.752. The Morgan fingerprint density at radius 3 is 2.11 bits per heavy atom. The molecule has 4 heteroatoms. The van der Waals surface area contributed by atoms with Crippen LogP contribution in [0, 0.1) is 17.8 Å². The molecular formula is C24H29NO2S. The van der Waals surface area contributed by atoms with Gasteiger partial charge >= 0.3 is 0 Å². The van der Waals surface area contributed by atoms with Crippen molar-refractivity contribution in [1.82, 2.24) is 5.32 Å². The van der Waals surface area contributed by atoms with Crippen molar-refractivity contribution >= 4 is 16.7 Å². The summed E-state index contributed by atoms with van der Waals surface area (Å²) in [7, 11) is -1.32. The summed E-state index contributed by atoms with van der Waals surface area (Å²) in [4.78, 5) is 12.7. The molecule has 0 aromatic heterocycles. The van der Waals surface area contributed by atoms with Crippen LogP contribution in [0.5, 0.6) is 0 Å². The van der Waals surface area contributed by atoms with E-state index in [9.17, 15) is 9.00 Å². The van der Waals surface area contributed by atoms with E-state index in [1.165, 1.54) is 25.7 Å². The van der Waals surface area contributed by atoms with Gasteiger partial charge in [0.05, 0.1) is 5.25 Å². The topological polar surface area (TPSA) is 46.2 Å². The third kappa shape index (κ3) is 4.22. The van der Waals surface area contributed by atoms with Crippen LogP contribution in [0.3, 0.4) is 0 Å². The van der Waals surface area contributed by atoms with Crippen molar-refractivity contribution in [3.8, 4) is 0 Å². The van der Waals surface area contributed by atoms with Gasteiger partial charge in [-0.3, -0.25) is 9.00 Å². The minimum Gasteiger partial charge on any atom is -0.353 e. The Bertz CT molecular complexity index is 784. The zero-order valence-electron chi connectivity index (χ0n) is 16.4. The van der Waals surface area contributed by atoms with Crippen LogP contribution in [0.4, 0.5) is 0 Å². The highest BCUT2D eigenvalue weighted by molar-refractivity contribution is 7.86. The molecule has 2 fully saturated rings. The number of carbonyl (C=O) groups excluding carboxylic acids is 1. The fourth-order valence-corrected chi connectivity index (χ4v) is 6.70. The van der Waals surface area contributed by atoms with Gasteiger partial charge in [0, 0.05) is 16.8 Å². The molecule has 3 nitrogen and oxygen atoms in total. The number of carbonyl (C=O) groups is 1. The summed E-state index contributed by atoms with van der Waals surface area (Å²) in [5.41, 5.74) is 1.97. The van der Waals surface area contributed by atoms with Crippen molar-refractivity contribution in [3.05, 3.63) is 71.8 Å². The van der Waals surface area contributed by atoms with Crippen molar-refractivity contribution in [3.63, 3.8) is 0 Å². The van der Waals surface area contributed by atoms with E-state index >= 15 is 0 Å². The molecule has 148 valence electrons. The predicted octanol–water partition coefficient (Wildman–Crippen LogP) is 4.47. The molecule has 4 rings (SSSR count). The number of fused-ring (bicyclic) bond motifs is 2. The lowest BCUT2D eigenvalue weighted by atomic mass is 9.84. The molecule has 0 saturated heterocycles. The molecule has 1 amide bonds. The second-order valence-electron chi connectivity index (χ2n) is 8.42. The molecule has 28 heavy (non-hydrogen) atoms. The van der Waals surface area contributed by atoms with Crippen molar-refractivity contribution in [2.75, 3.05) is 5.75 Å². The highest BCUT2D eigenvalue weighted by Crippen LogP contribution is 2.49. The molecule has 2 aliphatic rings. The van der Waals surface area contributed by atoms with Crippen LogP contribution in [0.1, 0.15) is 49.0 Å². The maximum atomic E-state index is 13.2. The van der Waals surface area contributed by atoms with Gasteiger partial charge < -0.3 is 5.32 Å². The van der Waals surface area contributed by atoms with E-state index in [0.29, 0.717) is 5.92 Å². The second kappa shape index (κ2) is 8.60. The Morgan fingerprint density at radius 2 is 1.61 bits per heavy atom. The van der Waals surface area contributed by atoms with Gasteiger partial charge in [0.1, 0.15) is 5.75 Å². The molecular weight excluding hydrogens is 366 g/mol. The average molecular weight is 396 g/mol. The van der Waals surface area contributed by atoms with Gasteiger partial charge in [0.15, 0.2) is 0 Å². The Kier molecular flexibility index (Phi) is 5.96. The molecule has 2 aliphatic carbocycles. The number of benzene rings is 2. The zero-order chi connectivity index (χ0) is 19.5. The van der Waals surface area contributed by atoms with Gasteiger partial charge in [-0.25, -0.2) is 0 Å². The number of amides is 1. The molecule has 0 radical (unpaired) electrons. The molecule has 2 aromatic carbocycles. The van der Waals surface area contributed by atoms with E-state index in [0.717, 1.165) is 23.0 Å². The van der Waals surface area contributed by atoms with Gasteiger partial charge in [0.25, 0.3) is 0 Å². The Labute approximate surface area is 170 Å². The summed E-state index contributed by atoms with van der Waals surface area (Å²) in [6.07, 6.45) is 5.25. The van der Waals surface area contributed by atoms with Gasteiger partial charge in [-0.1, -0.05) is 67.1 Å². The number of nitrogens with one attached hydrogen (secondary N) is 1. The van der Waals surface area contributed by atoms with Gasteiger partial charge in [-0.2, -0.15) is 0 Å². The standard InChI is InChI=1S/C24H29NO2S/c1-17(22-15-18-12-13-21(22)14-18)25-23(26)16-28(27)24(19-8-4-2-5-9-19)20-10-6-3-7-11-20/h2-11,17-18,21-22,24H,12-16H2,1H3,(H,25,26)/t17-,18-,21-,22-,28-/m0/s1. The molecule has 2 aromatic rings. The first-order valence-electron chi connectivity index (χ1n) is 10.4. The van der Waals surface area contributed by atoms with Crippen LogP contribution < -0.4 is 5.32 Å². The molecule has 2 saturated carbocycles. The van der Waals surface area contributed by atoms with Crippen LogP contribution in [0.15, 0.2) is 60.7 Å². The fraction of sp³-hybridized carbons (Fsp3) is 0.458. The summed E-state index contributed by atoms with van der Waals surface area (Å²) in [5.74, 6) is 2.18. The summed E-state index contributed by atoms with van der Waals surface area (Å²) in [6, 6.07) is 19.9. The van der Waals surface area contributed by atoms with Gasteiger partial charge in [-0.05, 0) is 55.1 Å². The third-order valence-corrected chi connectivity index (χ3v) is 8.18. The first-order valence-corrected chi connectivity index (χ1v) is 11.8. The van der Waals surface area contributed by atoms with Crippen LogP contribution in [-0.2, 0) is 15.6 Å². The predicted molar refractivity (Wildman–Crippen MR) is 114 cm³/mol. The normalized spacial score (nSPS) is 25.6. The van der Waals surface area contributed by atoms with Crippen molar-refractivity contribution < 1.29 is 9.00 Å². The fourth-order valence-electron chi connectivity index (χ4n) is 5.27. The van der Waals surface area contributed by atoms with Crippen LogP contribution in [0.2, 0.25) is 0 Å². The number of rotatable bonds is 7. The Morgan fingerprint density at radius 1 is 1.00 bits per heavy atom. The molecule has 0 aliphatic heterocycles. The summed E-state index contributed by atoms with van der Waals surface area (Å²) in [6.45, 7) is 2.12. The minimum atomic E-state index is -1.32. The van der Waals surface area contributed by atoms with E-state index in [1.807, 2.05) is 60.7 Å². The third-order valence-electron chi connectivity index (χ3n) is 6.56. The van der Waals surface area contributed by atoms with Crippen LogP contribution in [0.25, 0.3) is 0 Å². The van der Waals surface area contributed by atoms with Crippen LogP contribution in [-0.4, -0.2) is 21.9 Å².